The van der Waals surface area contributed by atoms with Crippen molar-refractivity contribution in [1.29, 1.82) is 0 Å². The summed E-state index contributed by atoms with van der Waals surface area (Å²) in [7, 11) is 1.49. The molecule has 0 heterocycles. The highest BCUT2D eigenvalue weighted by atomic mass is 32.2. The van der Waals surface area contributed by atoms with Crippen molar-refractivity contribution in [3.05, 3.63) is 0 Å². The summed E-state index contributed by atoms with van der Waals surface area (Å²) in [6, 6.07) is -3.46. The highest BCUT2D eigenvalue weighted by Crippen LogP contribution is 2.03. The molecule has 0 fully saturated rings. The summed E-state index contributed by atoms with van der Waals surface area (Å²) in [5, 5.41) is 55.6. The first-order valence-electron chi connectivity index (χ1n) is 9.39. The number of carbonyl (C=O) groups excluding carboxylic acids is 3. The minimum absolute atomic E-state index is 0.0385. The van der Waals surface area contributed by atoms with Crippen LogP contribution in [0.3, 0.4) is 0 Å². The molecule has 0 aliphatic rings. The molecule has 9 N–H and O–H groups in total. The standard InChI is InChI=1S/C17H30N4O10S/c1-7(18-2)14(26)20-8(15(27)21-9(6-32-3)16(28)29)4-11(23)19-5-10(22)12(24)13(25)17(30)31/h7-10,12-13,18,22,24-25H,4-6H2,1-3H3,(H,19,23)(H,20,26)(H,21,27)(H,28,29)(H,30,31)/t7-,8-,9-,10-,12+,13+/m0/s1. The van der Waals surface area contributed by atoms with E-state index < -0.39 is 79.1 Å². The largest absolute Gasteiger partial charge is 0.480 e. The van der Waals surface area contributed by atoms with Crippen LogP contribution in [0.5, 0.6) is 0 Å². The topological polar surface area (TPSA) is 235 Å². The molecule has 0 unspecified atom stereocenters. The van der Waals surface area contributed by atoms with Crippen molar-refractivity contribution in [3.63, 3.8) is 0 Å². The van der Waals surface area contributed by atoms with Gasteiger partial charge in [-0.25, -0.2) is 9.59 Å². The van der Waals surface area contributed by atoms with Gasteiger partial charge in [0, 0.05) is 12.3 Å². The van der Waals surface area contributed by atoms with E-state index in [-0.39, 0.29) is 5.75 Å². The first-order valence-corrected chi connectivity index (χ1v) is 10.8. The van der Waals surface area contributed by atoms with Crippen molar-refractivity contribution >= 4 is 41.4 Å². The Kier molecular flexibility index (Phi) is 13.5. The monoisotopic (exact) mass is 482 g/mol. The maximum atomic E-state index is 12.5. The van der Waals surface area contributed by atoms with Crippen LogP contribution in [0.25, 0.3) is 0 Å². The summed E-state index contributed by atoms with van der Waals surface area (Å²) in [5.74, 6) is -5.50. The molecule has 0 aliphatic heterocycles. The van der Waals surface area contributed by atoms with Crippen molar-refractivity contribution in [1.82, 2.24) is 21.3 Å². The number of rotatable bonds is 15. The van der Waals surface area contributed by atoms with Gasteiger partial charge in [-0.3, -0.25) is 14.4 Å². The van der Waals surface area contributed by atoms with E-state index >= 15 is 0 Å². The van der Waals surface area contributed by atoms with E-state index in [1.54, 1.807) is 6.26 Å². The predicted octanol–water partition coefficient (Wildman–Crippen LogP) is -4.31. The maximum absolute atomic E-state index is 12.5. The van der Waals surface area contributed by atoms with Gasteiger partial charge in [0.05, 0.1) is 12.5 Å². The van der Waals surface area contributed by atoms with Crippen molar-refractivity contribution in [3.8, 4) is 0 Å². The number of carboxylic acids is 2. The fourth-order valence-electron chi connectivity index (χ4n) is 2.20. The Labute approximate surface area is 188 Å². The normalized spacial score (nSPS) is 16.6. The quantitative estimate of drug-likeness (QED) is 0.108. The molecular formula is C17H30N4O10S. The lowest BCUT2D eigenvalue weighted by Gasteiger charge is -2.23. The van der Waals surface area contributed by atoms with E-state index in [0.29, 0.717) is 0 Å². The first kappa shape index (κ1) is 29.5. The Balaban J connectivity index is 5.20. The number of aliphatic hydroxyl groups excluding tert-OH is 3. The van der Waals surface area contributed by atoms with Gasteiger partial charge in [-0.15, -0.1) is 0 Å². The van der Waals surface area contributed by atoms with Crippen molar-refractivity contribution in [2.75, 3.05) is 25.6 Å². The number of likely N-dealkylation sites (N-methyl/N-ethyl adjacent to an activating group) is 1. The van der Waals surface area contributed by atoms with Gasteiger partial charge in [-0.1, -0.05) is 0 Å². The van der Waals surface area contributed by atoms with E-state index in [1.807, 2.05) is 0 Å². The smallest absolute Gasteiger partial charge is 0.335 e. The molecule has 0 aliphatic carbocycles. The third-order valence-corrected chi connectivity index (χ3v) is 4.94. The summed E-state index contributed by atoms with van der Waals surface area (Å²) in [5.41, 5.74) is 0. The van der Waals surface area contributed by atoms with Gasteiger partial charge in [0.2, 0.25) is 17.7 Å². The summed E-state index contributed by atoms with van der Waals surface area (Å²) >= 11 is 1.16. The summed E-state index contributed by atoms with van der Waals surface area (Å²) in [4.78, 5) is 58.8. The first-order chi connectivity index (χ1) is 14.8. The van der Waals surface area contributed by atoms with Gasteiger partial charge in [0.1, 0.15) is 24.3 Å². The minimum atomic E-state index is -2.29. The molecular weight excluding hydrogens is 452 g/mol. The maximum Gasteiger partial charge on any atom is 0.335 e. The molecule has 0 aromatic carbocycles. The summed E-state index contributed by atoms with van der Waals surface area (Å²) < 4.78 is 0. The molecule has 0 aromatic rings. The van der Waals surface area contributed by atoms with E-state index in [0.717, 1.165) is 11.8 Å². The summed E-state index contributed by atoms with van der Waals surface area (Å²) in [6.45, 7) is 0.827. The van der Waals surface area contributed by atoms with Gasteiger partial charge in [0.15, 0.2) is 6.10 Å². The van der Waals surface area contributed by atoms with E-state index in [9.17, 15) is 44.4 Å². The number of carboxylic acid groups (broad SMARTS) is 2. The number of nitrogens with one attached hydrogen (secondary N) is 4. The Bertz CT molecular complexity index is 680. The molecule has 0 radical (unpaired) electrons. The number of aliphatic hydroxyl groups is 3. The van der Waals surface area contributed by atoms with Crippen LogP contribution in [0, 0.1) is 0 Å². The second-order valence-corrected chi connectivity index (χ2v) is 7.69. The zero-order valence-electron chi connectivity index (χ0n) is 17.8. The molecule has 184 valence electrons. The zero-order valence-corrected chi connectivity index (χ0v) is 18.6. The van der Waals surface area contributed by atoms with Crippen LogP contribution < -0.4 is 21.3 Å². The third kappa shape index (κ3) is 10.2. The number of hydrogen-bond donors (Lipinski definition) is 9. The van der Waals surface area contributed by atoms with Crippen LogP contribution in [-0.4, -0.2) is 117 Å². The van der Waals surface area contributed by atoms with Gasteiger partial charge < -0.3 is 46.8 Å². The predicted molar refractivity (Wildman–Crippen MR) is 112 cm³/mol. The lowest BCUT2D eigenvalue weighted by Crippen LogP contribution is -2.56. The van der Waals surface area contributed by atoms with Gasteiger partial charge in [-0.05, 0) is 20.2 Å². The Morgan fingerprint density at radius 1 is 0.906 bits per heavy atom. The number of aliphatic carboxylic acids is 2. The van der Waals surface area contributed by atoms with Crippen molar-refractivity contribution < 1.29 is 49.5 Å². The average molecular weight is 483 g/mol. The van der Waals surface area contributed by atoms with Crippen LogP contribution in [0.15, 0.2) is 0 Å². The third-order valence-electron chi connectivity index (χ3n) is 4.28. The van der Waals surface area contributed by atoms with Crippen LogP contribution in [0.1, 0.15) is 13.3 Å². The molecule has 0 rings (SSSR count). The minimum Gasteiger partial charge on any atom is -0.480 e. The Morgan fingerprint density at radius 2 is 1.47 bits per heavy atom. The molecule has 0 spiro atoms. The lowest BCUT2D eigenvalue weighted by molar-refractivity contribution is -0.157. The van der Waals surface area contributed by atoms with Crippen LogP contribution >= 0.6 is 11.8 Å². The second-order valence-electron chi connectivity index (χ2n) is 6.78. The molecule has 0 saturated carbocycles. The number of hydrogen-bond acceptors (Lipinski definition) is 10. The molecule has 14 nitrogen and oxygen atoms in total. The highest BCUT2D eigenvalue weighted by molar-refractivity contribution is 7.98. The fraction of sp³-hybridized carbons (Fsp3) is 0.706. The van der Waals surface area contributed by atoms with Gasteiger partial charge >= 0.3 is 11.9 Å². The molecule has 15 heteroatoms. The number of thioether (sulfide) groups is 1. The average Bonchev–Trinajstić information content (AvgIpc) is 2.74. The lowest BCUT2D eigenvalue weighted by atomic mass is 10.1. The second kappa shape index (κ2) is 14.6. The molecule has 0 bridgehead atoms. The van der Waals surface area contributed by atoms with Crippen LogP contribution in [-0.2, 0) is 24.0 Å². The van der Waals surface area contributed by atoms with Gasteiger partial charge in [0.25, 0.3) is 0 Å². The fourth-order valence-corrected chi connectivity index (χ4v) is 2.76. The zero-order chi connectivity index (χ0) is 25.0. The van der Waals surface area contributed by atoms with Crippen LogP contribution in [0.2, 0.25) is 0 Å². The SMILES string of the molecule is CN[C@@H](C)C(=O)N[C@@H](CC(=O)NC[C@H](O)[C@@H](O)[C@@H](O)C(=O)O)C(=O)N[C@@H](CSC)C(=O)O. The molecule has 6 atom stereocenters. The van der Waals surface area contributed by atoms with Crippen molar-refractivity contribution in [2.24, 2.45) is 0 Å². The molecule has 32 heavy (non-hydrogen) atoms. The number of amides is 3. The molecule has 3 amide bonds. The highest BCUT2D eigenvalue weighted by Gasteiger charge is 2.32. The van der Waals surface area contributed by atoms with Crippen LogP contribution in [0.4, 0.5) is 0 Å². The Morgan fingerprint density at radius 3 is 1.94 bits per heavy atom. The number of carbonyl (C=O) groups is 5. The van der Waals surface area contributed by atoms with Gasteiger partial charge in [-0.2, -0.15) is 11.8 Å². The van der Waals surface area contributed by atoms with E-state index in [2.05, 4.69) is 21.3 Å². The van der Waals surface area contributed by atoms with E-state index in [4.69, 9.17) is 5.11 Å². The summed E-state index contributed by atoms with van der Waals surface area (Å²) in [6.07, 6.45) is -5.23. The Hall–Kier alpha value is -2.46. The van der Waals surface area contributed by atoms with E-state index in [1.165, 1.54) is 14.0 Å². The van der Waals surface area contributed by atoms with Crippen molar-refractivity contribution in [2.45, 2.75) is 49.8 Å². The molecule has 0 aromatic heterocycles. The molecule has 0 saturated heterocycles.